The SMILES string of the molecule is CC(C)N1CCC(c2ncc(-c3cccc(Nc4nccc(C(F)(F)F)n4)c3)s2)CC1. The number of nitrogens with one attached hydrogen (secondary N) is 1. The smallest absolute Gasteiger partial charge is 0.324 e. The fraction of sp³-hybridized carbons (Fsp3) is 0.409. The molecule has 1 aliphatic heterocycles. The third-order valence-electron chi connectivity index (χ3n) is 5.48. The molecule has 0 saturated carbocycles. The van der Waals surface area contributed by atoms with Crippen LogP contribution in [0.5, 0.6) is 0 Å². The fourth-order valence-corrected chi connectivity index (χ4v) is 4.81. The molecule has 0 aliphatic carbocycles. The zero-order chi connectivity index (χ0) is 22.0. The monoisotopic (exact) mass is 447 g/mol. The molecule has 1 aromatic carbocycles. The predicted octanol–water partition coefficient (Wildman–Crippen LogP) is 5.95. The number of piperidine rings is 1. The highest BCUT2D eigenvalue weighted by molar-refractivity contribution is 7.15. The van der Waals surface area contributed by atoms with Gasteiger partial charge in [-0.25, -0.2) is 15.0 Å². The number of thiazole rings is 1. The van der Waals surface area contributed by atoms with Crippen LogP contribution in [-0.2, 0) is 6.18 Å². The van der Waals surface area contributed by atoms with Gasteiger partial charge in [0.05, 0.1) is 9.88 Å². The fourth-order valence-electron chi connectivity index (χ4n) is 3.73. The van der Waals surface area contributed by atoms with Crippen molar-refractivity contribution in [2.75, 3.05) is 18.4 Å². The largest absolute Gasteiger partial charge is 0.433 e. The van der Waals surface area contributed by atoms with Crippen LogP contribution in [-0.4, -0.2) is 39.0 Å². The Hall–Kier alpha value is -2.52. The van der Waals surface area contributed by atoms with Gasteiger partial charge in [-0.2, -0.15) is 13.2 Å². The molecule has 0 atom stereocenters. The lowest BCUT2D eigenvalue weighted by Crippen LogP contribution is -2.37. The Morgan fingerprint density at radius 2 is 1.90 bits per heavy atom. The molecule has 1 fully saturated rings. The Bertz CT molecular complexity index is 1030. The molecule has 0 radical (unpaired) electrons. The average Bonchev–Trinajstić information content (AvgIpc) is 3.24. The maximum absolute atomic E-state index is 12.9. The number of aromatic nitrogens is 3. The van der Waals surface area contributed by atoms with Crippen LogP contribution >= 0.6 is 11.3 Å². The van der Waals surface area contributed by atoms with Crippen molar-refractivity contribution in [2.45, 2.75) is 44.8 Å². The second-order valence-electron chi connectivity index (χ2n) is 7.94. The number of nitrogens with zero attached hydrogens (tertiary/aromatic N) is 4. The molecule has 1 saturated heterocycles. The van der Waals surface area contributed by atoms with E-state index in [1.165, 1.54) is 0 Å². The summed E-state index contributed by atoms with van der Waals surface area (Å²) in [4.78, 5) is 15.7. The zero-order valence-electron chi connectivity index (χ0n) is 17.4. The van der Waals surface area contributed by atoms with E-state index in [-0.39, 0.29) is 5.95 Å². The summed E-state index contributed by atoms with van der Waals surface area (Å²) in [6.45, 7) is 6.64. The van der Waals surface area contributed by atoms with Gasteiger partial charge < -0.3 is 10.2 Å². The molecule has 1 N–H and O–H groups in total. The molecule has 0 amide bonds. The van der Waals surface area contributed by atoms with Crippen molar-refractivity contribution in [3.63, 3.8) is 0 Å². The molecule has 9 heteroatoms. The number of benzene rings is 1. The number of rotatable bonds is 5. The lowest BCUT2D eigenvalue weighted by atomic mass is 9.97. The van der Waals surface area contributed by atoms with Crippen molar-refractivity contribution in [1.29, 1.82) is 0 Å². The number of alkyl halides is 3. The summed E-state index contributed by atoms with van der Waals surface area (Å²) in [5, 5.41) is 4.02. The summed E-state index contributed by atoms with van der Waals surface area (Å²) >= 11 is 1.69. The van der Waals surface area contributed by atoms with E-state index in [9.17, 15) is 13.2 Å². The van der Waals surface area contributed by atoms with E-state index in [2.05, 4.69) is 39.0 Å². The van der Waals surface area contributed by atoms with Gasteiger partial charge in [0.15, 0.2) is 0 Å². The van der Waals surface area contributed by atoms with E-state index in [4.69, 9.17) is 0 Å². The Labute approximate surface area is 183 Å². The first-order chi connectivity index (χ1) is 14.8. The number of likely N-dealkylation sites (tertiary alicyclic amines) is 1. The van der Waals surface area contributed by atoms with Gasteiger partial charge in [-0.3, -0.25) is 0 Å². The predicted molar refractivity (Wildman–Crippen MR) is 117 cm³/mol. The second-order valence-corrected chi connectivity index (χ2v) is 9.00. The third kappa shape index (κ3) is 5.22. The van der Waals surface area contributed by atoms with E-state index in [0.29, 0.717) is 17.6 Å². The molecule has 0 spiro atoms. The summed E-state index contributed by atoms with van der Waals surface area (Å²) in [6, 6.07) is 8.90. The van der Waals surface area contributed by atoms with Crippen LogP contribution in [0.25, 0.3) is 10.4 Å². The maximum atomic E-state index is 12.9. The number of hydrogen-bond donors (Lipinski definition) is 1. The maximum Gasteiger partial charge on any atom is 0.433 e. The van der Waals surface area contributed by atoms with Crippen LogP contribution in [0.1, 0.15) is 43.3 Å². The minimum Gasteiger partial charge on any atom is -0.324 e. The first-order valence-corrected chi connectivity index (χ1v) is 11.1. The highest BCUT2D eigenvalue weighted by atomic mass is 32.1. The molecule has 31 heavy (non-hydrogen) atoms. The first-order valence-electron chi connectivity index (χ1n) is 10.3. The van der Waals surface area contributed by atoms with Gasteiger partial charge in [0, 0.05) is 30.0 Å². The van der Waals surface area contributed by atoms with Crippen molar-refractivity contribution in [3.05, 3.63) is 53.4 Å². The Morgan fingerprint density at radius 3 is 2.61 bits per heavy atom. The Kier molecular flexibility index (Phi) is 6.24. The van der Waals surface area contributed by atoms with Gasteiger partial charge in [-0.1, -0.05) is 12.1 Å². The van der Waals surface area contributed by atoms with Crippen LogP contribution in [0.4, 0.5) is 24.8 Å². The summed E-state index contributed by atoms with van der Waals surface area (Å²) in [7, 11) is 0. The topological polar surface area (TPSA) is 53.9 Å². The van der Waals surface area contributed by atoms with Crippen molar-refractivity contribution < 1.29 is 13.2 Å². The average molecular weight is 448 g/mol. The van der Waals surface area contributed by atoms with Crippen LogP contribution in [0, 0.1) is 0 Å². The normalized spacial score (nSPS) is 16.1. The molecular formula is C22H24F3N5S. The van der Waals surface area contributed by atoms with E-state index in [0.717, 1.165) is 53.6 Å². The molecule has 3 heterocycles. The highest BCUT2D eigenvalue weighted by Gasteiger charge is 2.32. The third-order valence-corrected chi connectivity index (χ3v) is 6.69. The van der Waals surface area contributed by atoms with Crippen LogP contribution < -0.4 is 5.32 Å². The van der Waals surface area contributed by atoms with Gasteiger partial charge >= 0.3 is 6.18 Å². The quantitative estimate of drug-likeness (QED) is 0.524. The van der Waals surface area contributed by atoms with Gasteiger partial charge in [-0.15, -0.1) is 11.3 Å². The molecule has 0 unspecified atom stereocenters. The zero-order valence-corrected chi connectivity index (χ0v) is 18.2. The molecule has 2 aromatic heterocycles. The van der Waals surface area contributed by atoms with Gasteiger partial charge in [-0.05, 0) is 63.5 Å². The minimum absolute atomic E-state index is 0.0890. The molecule has 5 nitrogen and oxygen atoms in total. The van der Waals surface area contributed by atoms with Crippen molar-refractivity contribution in [1.82, 2.24) is 19.9 Å². The molecule has 4 rings (SSSR count). The summed E-state index contributed by atoms with van der Waals surface area (Å²) in [6.07, 6.45) is 0.696. The van der Waals surface area contributed by atoms with Crippen LogP contribution in [0.3, 0.4) is 0 Å². The minimum atomic E-state index is -4.51. The van der Waals surface area contributed by atoms with E-state index < -0.39 is 11.9 Å². The molecule has 3 aromatic rings. The van der Waals surface area contributed by atoms with Crippen molar-refractivity contribution in [3.8, 4) is 10.4 Å². The van der Waals surface area contributed by atoms with Crippen molar-refractivity contribution >= 4 is 23.0 Å². The number of hydrogen-bond acceptors (Lipinski definition) is 6. The van der Waals surface area contributed by atoms with Gasteiger partial charge in [0.25, 0.3) is 0 Å². The summed E-state index contributed by atoms with van der Waals surface area (Å²) in [5.41, 5.74) is 0.606. The summed E-state index contributed by atoms with van der Waals surface area (Å²) < 4.78 is 38.6. The first kappa shape index (κ1) is 21.7. The molecular weight excluding hydrogens is 423 g/mol. The Balaban J connectivity index is 1.47. The number of anilines is 2. The van der Waals surface area contributed by atoms with E-state index in [1.807, 2.05) is 24.4 Å². The second kappa shape index (κ2) is 8.92. The standard InChI is InChI=1S/C22H24F3N5S/c1-14(2)30-10-7-15(8-11-30)20-27-13-18(31-20)16-4-3-5-17(12-16)28-21-26-9-6-19(29-21)22(23,24)25/h3-6,9,12-15H,7-8,10-11H2,1-2H3,(H,26,28,29). The molecule has 1 aliphatic rings. The van der Waals surface area contributed by atoms with Gasteiger partial charge in [0.1, 0.15) is 5.69 Å². The number of halogens is 3. The van der Waals surface area contributed by atoms with E-state index in [1.54, 1.807) is 17.4 Å². The summed E-state index contributed by atoms with van der Waals surface area (Å²) in [5.74, 6) is 0.391. The van der Waals surface area contributed by atoms with E-state index >= 15 is 0 Å². The molecule has 164 valence electrons. The highest BCUT2D eigenvalue weighted by Crippen LogP contribution is 2.36. The van der Waals surface area contributed by atoms with Gasteiger partial charge in [0.2, 0.25) is 5.95 Å². The van der Waals surface area contributed by atoms with Crippen LogP contribution in [0.2, 0.25) is 0 Å². The van der Waals surface area contributed by atoms with Crippen molar-refractivity contribution in [2.24, 2.45) is 0 Å². The Morgan fingerprint density at radius 1 is 1.13 bits per heavy atom. The lowest BCUT2D eigenvalue weighted by molar-refractivity contribution is -0.141. The van der Waals surface area contributed by atoms with Crippen LogP contribution in [0.15, 0.2) is 42.7 Å². The molecule has 0 bridgehead atoms. The lowest BCUT2D eigenvalue weighted by Gasteiger charge is -2.33.